The zero-order valence-corrected chi connectivity index (χ0v) is 15.8. The van der Waals surface area contributed by atoms with Gasteiger partial charge in [-0.05, 0) is 106 Å². The maximum atomic E-state index is 11.9. The lowest BCUT2D eigenvalue weighted by Gasteiger charge is -2.61. The van der Waals surface area contributed by atoms with Crippen molar-refractivity contribution >= 4 is 6.29 Å². The highest BCUT2D eigenvalue weighted by molar-refractivity contribution is 5.56. The maximum Gasteiger partial charge on any atom is 0.123 e. The van der Waals surface area contributed by atoms with E-state index in [1.54, 1.807) is 0 Å². The van der Waals surface area contributed by atoms with Crippen LogP contribution in [-0.2, 0) is 4.79 Å². The van der Waals surface area contributed by atoms with Crippen molar-refractivity contribution < 1.29 is 9.90 Å². The average molecular weight is 333 g/mol. The number of aliphatic hydroxyl groups is 1. The molecule has 24 heavy (non-hydrogen) atoms. The van der Waals surface area contributed by atoms with Crippen LogP contribution < -0.4 is 0 Å². The van der Waals surface area contributed by atoms with Crippen molar-refractivity contribution in [3.63, 3.8) is 0 Å². The molecule has 1 N–H and O–H groups in total. The van der Waals surface area contributed by atoms with Gasteiger partial charge in [0.2, 0.25) is 0 Å². The van der Waals surface area contributed by atoms with Gasteiger partial charge in [0.05, 0.1) is 5.60 Å². The Hall–Kier alpha value is -0.370. The van der Waals surface area contributed by atoms with Crippen molar-refractivity contribution in [2.45, 2.75) is 84.2 Å². The van der Waals surface area contributed by atoms with Crippen LogP contribution in [0.5, 0.6) is 0 Å². The minimum atomic E-state index is -0.417. The lowest BCUT2D eigenvalue weighted by Crippen LogP contribution is -2.55. The molecular formula is C22H36O2. The molecule has 4 fully saturated rings. The quantitative estimate of drug-likeness (QED) is 0.698. The zero-order valence-electron chi connectivity index (χ0n) is 15.8. The highest BCUT2D eigenvalue weighted by Crippen LogP contribution is 2.63. The number of hydrogen-bond acceptors (Lipinski definition) is 2. The summed E-state index contributed by atoms with van der Waals surface area (Å²) in [5.74, 6) is 4.95. The highest BCUT2D eigenvalue weighted by Gasteiger charge is 2.57. The summed E-state index contributed by atoms with van der Waals surface area (Å²) < 4.78 is 0. The molecule has 0 saturated heterocycles. The number of rotatable bonds is 1. The van der Waals surface area contributed by atoms with Gasteiger partial charge in [0.15, 0.2) is 0 Å². The first-order valence-corrected chi connectivity index (χ1v) is 10.5. The molecule has 4 saturated carbocycles. The molecule has 0 amide bonds. The third-order valence-electron chi connectivity index (χ3n) is 9.13. The van der Waals surface area contributed by atoms with E-state index >= 15 is 0 Å². The first kappa shape index (κ1) is 17.1. The molecule has 2 nitrogen and oxygen atoms in total. The predicted molar refractivity (Wildman–Crippen MR) is 96.5 cm³/mol. The van der Waals surface area contributed by atoms with Crippen molar-refractivity contribution in [2.24, 2.45) is 46.8 Å². The minimum absolute atomic E-state index is 0.258. The number of fused-ring (bicyclic) bond motifs is 5. The SMILES string of the molecule is C[C@@H]1CC[C@H]2[C@@H]3CC[C@@H]4C[C@](C)(O)CC[C@@H]4[C@H]3CC[C@]2(C)[C@@H]1C=O. The average Bonchev–Trinajstić information content (AvgIpc) is 2.52. The predicted octanol–water partition coefficient (Wildman–Crippen LogP) is 4.84. The summed E-state index contributed by atoms with van der Waals surface area (Å²) in [4.78, 5) is 11.9. The van der Waals surface area contributed by atoms with Gasteiger partial charge < -0.3 is 9.90 Å². The number of hydrogen-bond donors (Lipinski definition) is 1. The third kappa shape index (κ3) is 2.50. The molecule has 2 heteroatoms. The summed E-state index contributed by atoms with van der Waals surface area (Å²) in [7, 11) is 0. The summed E-state index contributed by atoms with van der Waals surface area (Å²) in [5.41, 5.74) is -0.159. The van der Waals surface area contributed by atoms with E-state index in [1.165, 1.54) is 51.2 Å². The van der Waals surface area contributed by atoms with Gasteiger partial charge in [-0.25, -0.2) is 0 Å². The highest BCUT2D eigenvalue weighted by atomic mass is 16.3. The lowest BCUT2D eigenvalue weighted by molar-refractivity contribution is -0.146. The van der Waals surface area contributed by atoms with E-state index < -0.39 is 5.60 Å². The van der Waals surface area contributed by atoms with Crippen LogP contribution in [0.3, 0.4) is 0 Å². The number of carbonyl (C=O) groups excluding carboxylic acids is 1. The van der Waals surface area contributed by atoms with Crippen molar-refractivity contribution in [3.8, 4) is 0 Å². The molecule has 9 atom stereocenters. The molecular weight excluding hydrogens is 296 g/mol. The Morgan fingerprint density at radius 3 is 2.42 bits per heavy atom. The molecule has 4 aliphatic carbocycles. The van der Waals surface area contributed by atoms with Crippen LogP contribution in [-0.4, -0.2) is 17.0 Å². The monoisotopic (exact) mass is 332 g/mol. The van der Waals surface area contributed by atoms with Gasteiger partial charge in [-0.2, -0.15) is 0 Å². The van der Waals surface area contributed by atoms with E-state index in [2.05, 4.69) is 13.8 Å². The minimum Gasteiger partial charge on any atom is -0.390 e. The van der Waals surface area contributed by atoms with Crippen molar-refractivity contribution in [3.05, 3.63) is 0 Å². The smallest absolute Gasteiger partial charge is 0.123 e. The van der Waals surface area contributed by atoms with Crippen LogP contribution in [0.4, 0.5) is 0 Å². The van der Waals surface area contributed by atoms with Gasteiger partial charge in [-0.1, -0.05) is 13.8 Å². The normalized spacial score (nSPS) is 57.4. The largest absolute Gasteiger partial charge is 0.390 e. The van der Waals surface area contributed by atoms with Gasteiger partial charge in [0.1, 0.15) is 6.29 Å². The Bertz CT molecular complexity index is 498. The van der Waals surface area contributed by atoms with E-state index in [-0.39, 0.29) is 11.3 Å². The number of aldehydes is 1. The molecule has 4 aliphatic rings. The second-order valence-electron chi connectivity index (χ2n) is 10.4. The van der Waals surface area contributed by atoms with Crippen molar-refractivity contribution in [2.75, 3.05) is 0 Å². The fourth-order valence-electron chi connectivity index (χ4n) is 7.95. The molecule has 0 heterocycles. The first-order chi connectivity index (χ1) is 11.4. The Kier molecular flexibility index (Phi) is 4.14. The van der Waals surface area contributed by atoms with Crippen LogP contribution in [0.25, 0.3) is 0 Å². The van der Waals surface area contributed by atoms with Gasteiger partial charge >= 0.3 is 0 Å². The topological polar surface area (TPSA) is 37.3 Å². The third-order valence-corrected chi connectivity index (χ3v) is 9.13. The van der Waals surface area contributed by atoms with Gasteiger partial charge in [-0.15, -0.1) is 0 Å². The zero-order chi connectivity index (χ0) is 17.1. The summed E-state index contributed by atoms with van der Waals surface area (Å²) >= 11 is 0. The van der Waals surface area contributed by atoms with Crippen LogP contribution in [0.15, 0.2) is 0 Å². The van der Waals surface area contributed by atoms with Gasteiger partial charge in [0.25, 0.3) is 0 Å². The summed E-state index contributed by atoms with van der Waals surface area (Å²) in [6, 6.07) is 0. The Morgan fingerprint density at radius 1 is 0.917 bits per heavy atom. The molecule has 0 aromatic carbocycles. The van der Waals surface area contributed by atoms with Crippen molar-refractivity contribution in [1.29, 1.82) is 0 Å². The summed E-state index contributed by atoms with van der Waals surface area (Å²) in [5, 5.41) is 10.5. The summed E-state index contributed by atoms with van der Waals surface area (Å²) in [6.45, 7) is 6.79. The van der Waals surface area contributed by atoms with Crippen LogP contribution >= 0.6 is 0 Å². The molecule has 0 aromatic heterocycles. The molecule has 0 aromatic rings. The number of carbonyl (C=O) groups is 1. The molecule has 0 radical (unpaired) electrons. The van der Waals surface area contributed by atoms with E-state index in [9.17, 15) is 9.90 Å². The van der Waals surface area contributed by atoms with E-state index in [1.807, 2.05) is 6.92 Å². The fourth-order valence-corrected chi connectivity index (χ4v) is 7.95. The Morgan fingerprint density at radius 2 is 1.67 bits per heavy atom. The molecule has 0 bridgehead atoms. The van der Waals surface area contributed by atoms with E-state index in [0.717, 1.165) is 42.4 Å². The Balaban J connectivity index is 1.57. The molecule has 0 aliphatic heterocycles. The molecule has 0 unspecified atom stereocenters. The molecule has 136 valence electrons. The van der Waals surface area contributed by atoms with Crippen LogP contribution in [0.1, 0.15) is 78.6 Å². The van der Waals surface area contributed by atoms with E-state index in [4.69, 9.17) is 0 Å². The van der Waals surface area contributed by atoms with Crippen LogP contribution in [0.2, 0.25) is 0 Å². The lowest BCUT2D eigenvalue weighted by atomic mass is 9.44. The van der Waals surface area contributed by atoms with Crippen LogP contribution in [0, 0.1) is 46.8 Å². The fraction of sp³-hybridized carbons (Fsp3) is 0.955. The second-order valence-corrected chi connectivity index (χ2v) is 10.4. The standard InChI is InChI=1S/C22H36O2/c1-14-4-7-19-18-6-5-15-12-21(2,24)10-8-16(15)17(18)9-11-22(19,3)20(14)13-23/h13-20,24H,4-12H2,1-3H3/t14-,15-,16+,17-,18-,19+,20-,21-,22+/m1/s1. The Labute approximate surface area is 147 Å². The summed E-state index contributed by atoms with van der Waals surface area (Å²) in [6.07, 6.45) is 12.4. The maximum absolute atomic E-state index is 11.9. The van der Waals surface area contributed by atoms with Gasteiger partial charge in [-0.3, -0.25) is 0 Å². The van der Waals surface area contributed by atoms with Crippen molar-refractivity contribution in [1.82, 2.24) is 0 Å². The second kappa shape index (κ2) is 5.83. The molecule has 0 spiro atoms. The first-order valence-electron chi connectivity index (χ1n) is 10.5. The van der Waals surface area contributed by atoms with E-state index in [0.29, 0.717) is 5.92 Å². The molecule has 4 rings (SSSR count). The van der Waals surface area contributed by atoms with Gasteiger partial charge in [0, 0.05) is 5.92 Å².